The molecule has 94 valence electrons. The lowest BCUT2D eigenvalue weighted by Gasteiger charge is -2.06. The van der Waals surface area contributed by atoms with Crippen molar-refractivity contribution >= 4 is 17.5 Å². The van der Waals surface area contributed by atoms with Crippen LogP contribution in [-0.4, -0.2) is 26.0 Å². The van der Waals surface area contributed by atoms with Crippen LogP contribution >= 0.6 is 11.6 Å². The first-order valence-corrected chi connectivity index (χ1v) is 5.51. The zero-order chi connectivity index (χ0) is 12.8. The molecule has 17 heavy (non-hydrogen) atoms. The van der Waals surface area contributed by atoms with E-state index in [0.717, 1.165) is 18.7 Å². The maximum atomic E-state index is 13.3. The summed E-state index contributed by atoms with van der Waals surface area (Å²) in [5.41, 5.74) is -0.337. The molecule has 0 aromatic heterocycles. The molecule has 2 N–H and O–H groups in total. The van der Waals surface area contributed by atoms with Crippen LogP contribution in [0.5, 0.6) is 0 Å². The standard InChI is InChI=1S/C11H13ClF2N2O/c1-15-3-2-4-16-11(17)7-5-10(14)8(12)6-9(7)13/h5-6,15H,2-4H2,1H3,(H,16,17). The summed E-state index contributed by atoms with van der Waals surface area (Å²) in [6, 6.07) is 1.59. The van der Waals surface area contributed by atoms with Crippen molar-refractivity contribution in [3.63, 3.8) is 0 Å². The van der Waals surface area contributed by atoms with Gasteiger partial charge in [-0.05, 0) is 32.1 Å². The van der Waals surface area contributed by atoms with E-state index < -0.39 is 17.5 Å². The second-order valence-corrected chi connectivity index (χ2v) is 3.87. The van der Waals surface area contributed by atoms with Crippen molar-refractivity contribution < 1.29 is 13.6 Å². The lowest BCUT2D eigenvalue weighted by atomic mass is 10.2. The Bertz CT molecular complexity index is 413. The Morgan fingerprint density at radius 2 is 2.00 bits per heavy atom. The highest BCUT2D eigenvalue weighted by atomic mass is 35.5. The van der Waals surface area contributed by atoms with Gasteiger partial charge in [0.1, 0.15) is 11.6 Å². The van der Waals surface area contributed by atoms with Crippen LogP contribution in [0, 0.1) is 11.6 Å². The van der Waals surface area contributed by atoms with Gasteiger partial charge in [-0.15, -0.1) is 0 Å². The van der Waals surface area contributed by atoms with Crippen LogP contribution in [0.25, 0.3) is 0 Å². The van der Waals surface area contributed by atoms with Gasteiger partial charge in [0.2, 0.25) is 0 Å². The highest BCUT2D eigenvalue weighted by Crippen LogP contribution is 2.19. The van der Waals surface area contributed by atoms with Gasteiger partial charge in [-0.3, -0.25) is 4.79 Å². The summed E-state index contributed by atoms with van der Waals surface area (Å²) in [7, 11) is 1.79. The fourth-order valence-electron chi connectivity index (χ4n) is 1.26. The van der Waals surface area contributed by atoms with Crippen molar-refractivity contribution in [2.24, 2.45) is 0 Å². The van der Waals surface area contributed by atoms with E-state index in [1.54, 1.807) is 7.05 Å². The van der Waals surface area contributed by atoms with E-state index in [2.05, 4.69) is 10.6 Å². The van der Waals surface area contributed by atoms with Crippen LogP contribution in [0.4, 0.5) is 8.78 Å². The van der Waals surface area contributed by atoms with Gasteiger partial charge in [0, 0.05) is 6.54 Å². The van der Waals surface area contributed by atoms with E-state index in [-0.39, 0.29) is 10.6 Å². The van der Waals surface area contributed by atoms with Gasteiger partial charge in [0.05, 0.1) is 10.6 Å². The van der Waals surface area contributed by atoms with E-state index in [0.29, 0.717) is 13.0 Å². The molecule has 1 aromatic rings. The topological polar surface area (TPSA) is 41.1 Å². The molecule has 0 bridgehead atoms. The largest absolute Gasteiger partial charge is 0.352 e. The Morgan fingerprint density at radius 1 is 1.29 bits per heavy atom. The number of amides is 1. The molecule has 0 heterocycles. The van der Waals surface area contributed by atoms with Crippen LogP contribution in [0.15, 0.2) is 12.1 Å². The Morgan fingerprint density at radius 3 is 2.65 bits per heavy atom. The number of hydrogen-bond donors (Lipinski definition) is 2. The Hall–Kier alpha value is -1.20. The molecule has 1 aromatic carbocycles. The normalized spacial score (nSPS) is 10.4. The molecule has 0 radical (unpaired) electrons. The van der Waals surface area contributed by atoms with Crippen molar-refractivity contribution in [2.45, 2.75) is 6.42 Å². The van der Waals surface area contributed by atoms with E-state index in [1.807, 2.05) is 0 Å². The smallest absolute Gasteiger partial charge is 0.254 e. The summed E-state index contributed by atoms with van der Waals surface area (Å²) < 4.78 is 26.4. The monoisotopic (exact) mass is 262 g/mol. The third-order valence-corrected chi connectivity index (χ3v) is 2.43. The molecule has 0 saturated carbocycles. The highest BCUT2D eigenvalue weighted by Gasteiger charge is 2.14. The second kappa shape index (κ2) is 6.51. The summed E-state index contributed by atoms with van der Waals surface area (Å²) in [6.45, 7) is 1.13. The predicted molar refractivity (Wildman–Crippen MR) is 62.2 cm³/mol. The average molecular weight is 263 g/mol. The van der Waals surface area contributed by atoms with Crippen molar-refractivity contribution in [1.29, 1.82) is 0 Å². The van der Waals surface area contributed by atoms with E-state index in [9.17, 15) is 13.6 Å². The predicted octanol–water partition coefficient (Wildman–Crippen LogP) is 1.96. The Balaban J connectivity index is 2.66. The summed E-state index contributed by atoms with van der Waals surface area (Å²) >= 11 is 5.38. The summed E-state index contributed by atoms with van der Waals surface area (Å²) in [5, 5.41) is 5.06. The van der Waals surface area contributed by atoms with E-state index in [4.69, 9.17) is 11.6 Å². The SMILES string of the molecule is CNCCCNC(=O)c1cc(F)c(Cl)cc1F. The molecule has 1 rings (SSSR count). The maximum absolute atomic E-state index is 13.3. The van der Waals surface area contributed by atoms with E-state index >= 15 is 0 Å². The van der Waals surface area contributed by atoms with Gasteiger partial charge >= 0.3 is 0 Å². The van der Waals surface area contributed by atoms with Gasteiger partial charge in [0.15, 0.2) is 0 Å². The average Bonchev–Trinajstić information content (AvgIpc) is 2.29. The Labute approximate surface area is 103 Å². The van der Waals surface area contributed by atoms with E-state index in [1.165, 1.54) is 0 Å². The minimum Gasteiger partial charge on any atom is -0.352 e. The first-order chi connectivity index (χ1) is 8.06. The van der Waals surface area contributed by atoms with Crippen molar-refractivity contribution in [2.75, 3.05) is 20.1 Å². The molecule has 0 spiro atoms. The summed E-state index contributed by atoms with van der Waals surface area (Å²) in [5.74, 6) is -2.29. The van der Waals surface area contributed by atoms with Crippen LogP contribution in [0.2, 0.25) is 5.02 Å². The van der Waals surface area contributed by atoms with Gasteiger partial charge in [-0.25, -0.2) is 8.78 Å². The number of rotatable bonds is 5. The zero-order valence-corrected chi connectivity index (χ0v) is 10.1. The third kappa shape index (κ3) is 3.94. The van der Waals surface area contributed by atoms with Crippen LogP contribution in [-0.2, 0) is 0 Å². The van der Waals surface area contributed by atoms with Gasteiger partial charge in [-0.1, -0.05) is 11.6 Å². The summed E-state index contributed by atoms with van der Waals surface area (Å²) in [6.07, 6.45) is 0.708. The summed E-state index contributed by atoms with van der Waals surface area (Å²) in [4.78, 5) is 11.5. The van der Waals surface area contributed by atoms with Crippen LogP contribution in [0.3, 0.4) is 0 Å². The molecule has 1 amide bonds. The second-order valence-electron chi connectivity index (χ2n) is 3.46. The number of carbonyl (C=O) groups is 1. The first-order valence-electron chi connectivity index (χ1n) is 5.13. The lowest BCUT2D eigenvalue weighted by Crippen LogP contribution is -2.27. The van der Waals surface area contributed by atoms with Gasteiger partial charge in [-0.2, -0.15) is 0 Å². The fourth-order valence-corrected chi connectivity index (χ4v) is 1.41. The quantitative estimate of drug-likeness (QED) is 0.629. The van der Waals surface area contributed by atoms with Gasteiger partial charge in [0.25, 0.3) is 5.91 Å². The molecular formula is C11H13ClF2N2O. The number of benzene rings is 1. The third-order valence-electron chi connectivity index (χ3n) is 2.14. The highest BCUT2D eigenvalue weighted by molar-refractivity contribution is 6.30. The number of carbonyl (C=O) groups excluding carboxylic acids is 1. The van der Waals surface area contributed by atoms with Crippen LogP contribution in [0.1, 0.15) is 16.8 Å². The number of nitrogens with one attached hydrogen (secondary N) is 2. The number of halogens is 3. The molecular weight excluding hydrogens is 250 g/mol. The molecule has 0 aliphatic carbocycles. The minimum absolute atomic E-state index is 0.337. The molecule has 0 atom stereocenters. The molecule has 6 heteroatoms. The molecule has 0 unspecified atom stereocenters. The van der Waals surface area contributed by atoms with Crippen LogP contribution < -0.4 is 10.6 Å². The lowest BCUT2D eigenvalue weighted by molar-refractivity contribution is 0.0949. The molecule has 0 fully saturated rings. The minimum atomic E-state index is -0.831. The number of hydrogen-bond acceptors (Lipinski definition) is 2. The van der Waals surface area contributed by atoms with Crippen molar-refractivity contribution in [3.05, 3.63) is 34.4 Å². The van der Waals surface area contributed by atoms with Gasteiger partial charge < -0.3 is 10.6 Å². The molecule has 0 aliphatic heterocycles. The molecule has 0 aliphatic rings. The Kier molecular flexibility index (Phi) is 5.31. The first kappa shape index (κ1) is 13.9. The maximum Gasteiger partial charge on any atom is 0.254 e. The van der Waals surface area contributed by atoms with Crippen molar-refractivity contribution in [1.82, 2.24) is 10.6 Å². The molecule has 3 nitrogen and oxygen atoms in total. The fraction of sp³-hybridized carbons (Fsp3) is 0.364. The zero-order valence-electron chi connectivity index (χ0n) is 9.32. The molecule has 0 saturated heterocycles. The van der Waals surface area contributed by atoms with Crippen molar-refractivity contribution in [3.8, 4) is 0 Å².